The predicted molar refractivity (Wildman–Crippen MR) is 91.8 cm³/mol. The fourth-order valence-electron chi connectivity index (χ4n) is 1.89. The monoisotopic (exact) mass is 353 g/mol. The molecule has 0 fully saturated rings. The molecule has 0 bridgehead atoms. The molecule has 1 aliphatic rings. The first-order valence-electron chi connectivity index (χ1n) is 6.72. The second kappa shape index (κ2) is 6.71. The molecule has 0 radical (unpaired) electrons. The summed E-state index contributed by atoms with van der Waals surface area (Å²) in [5.41, 5.74) is 5.89. The van der Waals surface area contributed by atoms with Crippen molar-refractivity contribution in [1.82, 2.24) is 0 Å². The summed E-state index contributed by atoms with van der Waals surface area (Å²) in [6, 6.07) is 4.35. The van der Waals surface area contributed by atoms with Crippen LogP contribution in [0.15, 0.2) is 44.3 Å². The summed E-state index contributed by atoms with van der Waals surface area (Å²) in [4.78, 5) is 11.6. The minimum Gasteiger partial charge on any atom is -0.486 e. The molecule has 0 unspecified atom stereocenters. The van der Waals surface area contributed by atoms with Crippen molar-refractivity contribution < 1.29 is 22.7 Å². The summed E-state index contributed by atoms with van der Waals surface area (Å²) in [7, 11) is -2.17. The standard InChI is InChI=1S/C14H16BNO5S2/c1-8(15)13(14(16)17)22-9(2)23(18,19)10-3-4-11-12(7-10)21-6-5-20-11/h3-4,7H,2,5-6,15H2,1H3,(H2,16,17)/b13-8+. The Morgan fingerprint density at radius 2 is 1.91 bits per heavy atom. The molecule has 9 heteroatoms. The van der Waals surface area contributed by atoms with Crippen LogP contribution >= 0.6 is 11.8 Å². The molecule has 6 nitrogen and oxygen atoms in total. The Bertz CT molecular complexity index is 797. The van der Waals surface area contributed by atoms with Gasteiger partial charge in [0, 0.05) is 6.07 Å². The normalized spacial score (nSPS) is 14.8. The first-order chi connectivity index (χ1) is 10.7. The van der Waals surface area contributed by atoms with Crippen molar-refractivity contribution in [3.63, 3.8) is 0 Å². The molecule has 122 valence electrons. The minimum absolute atomic E-state index is 0.0248. The fourth-order valence-corrected chi connectivity index (χ4v) is 4.17. The number of fused-ring (bicyclic) bond motifs is 1. The maximum absolute atomic E-state index is 12.6. The Morgan fingerprint density at radius 3 is 2.48 bits per heavy atom. The third-order valence-electron chi connectivity index (χ3n) is 3.02. The number of carbonyl (C=O) groups excluding carboxylic acids is 1. The number of allylic oxidation sites excluding steroid dienone is 1. The molecule has 1 aliphatic heterocycles. The lowest BCUT2D eigenvalue weighted by atomic mass is 9.97. The number of hydrogen-bond acceptors (Lipinski definition) is 6. The van der Waals surface area contributed by atoms with E-state index < -0.39 is 15.7 Å². The summed E-state index contributed by atoms with van der Waals surface area (Å²) >= 11 is 0.751. The van der Waals surface area contributed by atoms with Crippen molar-refractivity contribution in [2.24, 2.45) is 5.73 Å². The molecule has 1 aromatic carbocycles. The smallest absolute Gasteiger partial charge is 0.254 e. The van der Waals surface area contributed by atoms with Crippen molar-refractivity contribution in [2.45, 2.75) is 11.8 Å². The molecule has 2 N–H and O–H groups in total. The molecule has 1 amide bonds. The van der Waals surface area contributed by atoms with E-state index in [0.29, 0.717) is 30.2 Å². The first kappa shape index (κ1) is 17.5. The van der Waals surface area contributed by atoms with E-state index in [1.165, 1.54) is 18.2 Å². The fraction of sp³-hybridized carbons (Fsp3) is 0.214. The van der Waals surface area contributed by atoms with E-state index in [9.17, 15) is 13.2 Å². The molecule has 0 spiro atoms. The van der Waals surface area contributed by atoms with E-state index in [1.54, 1.807) is 14.8 Å². The van der Waals surface area contributed by atoms with E-state index in [1.807, 2.05) is 0 Å². The van der Waals surface area contributed by atoms with E-state index in [0.717, 1.165) is 11.8 Å². The summed E-state index contributed by atoms with van der Waals surface area (Å²) < 4.78 is 35.8. The topological polar surface area (TPSA) is 95.7 Å². The molecule has 2 rings (SSSR count). The molecule has 0 saturated carbocycles. The van der Waals surface area contributed by atoms with Crippen molar-refractivity contribution in [1.29, 1.82) is 0 Å². The highest BCUT2D eigenvalue weighted by Gasteiger charge is 2.25. The molecule has 0 saturated heterocycles. The average Bonchev–Trinajstić information content (AvgIpc) is 2.51. The number of primary amides is 1. The zero-order valence-corrected chi connectivity index (χ0v) is 14.4. The van der Waals surface area contributed by atoms with Crippen LogP contribution in [0.1, 0.15) is 6.92 Å². The van der Waals surface area contributed by atoms with E-state index in [2.05, 4.69) is 6.58 Å². The van der Waals surface area contributed by atoms with Gasteiger partial charge in [-0.2, -0.15) is 0 Å². The van der Waals surface area contributed by atoms with E-state index >= 15 is 0 Å². The van der Waals surface area contributed by atoms with Gasteiger partial charge in [0.15, 0.2) is 11.5 Å². The molecular formula is C14H16BNO5S2. The van der Waals surface area contributed by atoms with Gasteiger partial charge in [0.05, 0.1) is 9.80 Å². The van der Waals surface area contributed by atoms with Crippen LogP contribution in [-0.2, 0) is 14.6 Å². The predicted octanol–water partition coefficient (Wildman–Crippen LogP) is 0.786. The van der Waals surface area contributed by atoms with Crippen LogP contribution in [0.3, 0.4) is 0 Å². The van der Waals surface area contributed by atoms with Gasteiger partial charge in [-0.1, -0.05) is 30.7 Å². The summed E-state index contributed by atoms with van der Waals surface area (Å²) in [5, 5.41) is 0. The van der Waals surface area contributed by atoms with Crippen LogP contribution in [0.4, 0.5) is 0 Å². The number of hydrogen-bond donors (Lipinski definition) is 1. The van der Waals surface area contributed by atoms with Gasteiger partial charge in [0.2, 0.25) is 9.84 Å². The summed E-state index contributed by atoms with van der Waals surface area (Å²) in [6.45, 7) is 6.04. The highest BCUT2D eigenvalue weighted by Crippen LogP contribution is 2.37. The van der Waals surface area contributed by atoms with Crippen LogP contribution in [0.5, 0.6) is 11.5 Å². The number of carbonyl (C=O) groups is 1. The second-order valence-electron chi connectivity index (χ2n) is 4.98. The van der Waals surface area contributed by atoms with Crippen molar-refractivity contribution in [3.8, 4) is 11.5 Å². The highest BCUT2D eigenvalue weighted by molar-refractivity contribution is 8.21. The number of thioether (sulfide) groups is 1. The SMILES string of the molecule is B/C(C)=C(/SC(=C)S(=O)(=O)c1ccc2c(c1)OCCO2)C(N)=O. The van der Waals surface area contributed by atoms with Gasteiger partial charge in [-0.15, -0.1) is 0 Å². The maximum atomic E-state index is 12.6. The van der Waals surface area contributed by atoms with Crippen molar-refractivity contribution >= 4 is 35.4 Å². The molecule has 0 aromatic heterocycles. The molecule has 1 aromatic rings. The Hall–Kier alpha value is -1.87. The lowest BCUT2D eigenvalue weighted by molar-refractivity contribution is -0.113. The van der Waals surface area contributed by atoms with Gasteiger partial charge in [-0.25, -0.2) is 8.42 Å². The maximum Gasteiger partial charge on any atom is 0.254 e. The van der Waals surface area contributed by atoms with Gasteiger partial charge < -0.3 is 15.2 Å². The Kier molecular flexibility index (Phi) is 5.11. The zero-order chi connectivity index (χ0) is 17.2. The largest absolute Gasteiger partial charge is 0.486 e. The van der Waals surface area contributed by atoms with E-state index in [-0.39, 0.29) is 14.0 Å². The lowest BCUT2D eigenvalue weighted by Crippen LogP contribution is -2.16. The average molecular weight is 353 g/mol. The van der Waals surface area contributed by atoms with Crippen molar-refractivity contribution in [3.05, 3.63) is 39.4 Å². The minimum atomic E-state index is -3.84. The van der Waals surface area contributed by atoms with Crippen LogP contribution in [0.2, 0.25) is 0 Å². The quantitative estimate of drug-likeness (QED) is 0.621. The van der Waals surface area contributed by atoms with Crippen LogP contribution in [-0.4, -0.2) is 35.4 Å². The molecule has 0 aliphatic carbocycles. The van der Waals surface area contributed by atoms with Crippen LogP contribution in [0, 0.1) is 0 Å². The third kappa shape index (κ3) is 3.73. The molecule has 23 heavy (non-hydrogen) atoms. The van der Waals surface area contributed by atoms with Crippen LogP contribution < -0.4 is 15.2 Å². The number of ether oxygens (including phenoxy) is 2. The highest BCUT2D eigenvalue weighted by atomic mass is 32.3. The number of benzene rings is 1. The van der Waals surface area contributed by atoms with Gasteiger partial charge in [-0.05, 0) is 12.1 Å². The van der Waals surface area contributed by atoms with Gasteiger partial charge >= 0.3 is 0 Å². The summed E-state index contributed by atoms with van der Waals surface area (Å²) in [5.74, 6) is 0.177. The Labute approximate surface area is 140 Å². The second-order valence-corrected chi connectivity index (χ2v) is 8.31. The van der Waals surface area contributed by atoms with Crippen LogP contribution in [0.25, 0.3) is 0 Å². The van der Waals surface area contributed by atoms with Gasteiger partial charge in [0.25, 0.3) is 5.91 Å². The lowest BCUT2D eigenvalue weighted by Gasteiger charge is -2.19. The first-order valence-corrected chi connectivity index (χ1v) is 9.02. The molecular weight excluding hydrogens is 337 g/mol. The third-order valence-corrected chi connectivity index (χ3v) is 6.44. The number of sulfone groups is 1. The number of amides is 1. The number of nitrogens with two attached hydrogens (primary N) is 1. The molecule has 0 atom stereocenters. The van der Waals surface area contributed by atoms with E-state index in [4.69, 9.17) is 15.2 Å². The Balaban J connectivity index is 2.33. The summed E-state index contributed by atoms with van der Waals surface area (Å²) in [6.07, 6.45) is 0. The zero-order valence-electron chi connectivity index (χ0n) is 12.8. The van der Waals surface area contributed by atoms with Gasteiger partial charge in [0.1, 0.15) is 25.3 Å². The number of rotatable bonds is 5. The molecule has 1 heterocycles. The van der Waals surface area contributed by atoms with Gasteiger partial charge in [-0.3, -0.25) is 4.79 Å². The Morgan fingerprint density at radius 1 is 1.30 bits per heavy atom. The van der Waals surface area contributed by atoms with Crippen molar-refractivity contribution in [2.75, 3.05) is 13.2 Å².